The van der Waals surface area contributed by atoms with E-state index in [4.69, 9.17) is 0 Å². The van der Waals surface area contributed by atoms with Crippen LogP contribution in [0, 0.1) is 0 Å². The average molecular weight is 311 g/mol. The Bertz CT molecular complexity index is 511. The van der Waals surface area contributed by atoms with Crippen molar-refractivity contribution in [2.24, 2.45) is 0 Å². The maximum atomic E-state index is 12.4. The molecule has 1 rings (SSSR count). The van der Waals surface area contributed by atoms with Crippen LogP contribution >= 0.6 is 0 Å². The molecule has 1 N–H and O–H groups in total. The second kappa shape index (κ2) is 9.21. The van der Waals surface area contributed by atoms with Gasteiger partial charge < -0.3 is 5.32 Å². The van der Waals surface area contributed by atoms with Gasteiger partial charge in [-0.1, -0.05) is 45.4 Å². The quantitative estimate of drug-likeness (QED) is 0.718. The second-order valence-electron chi connectivity index (χ2n) is 5.57. The van der Waals surface area contributed by atoms with E-state index in [-0.39, 0.29) is 5.75 Å². The van der Waals surface area contributed by atoms with Gasteiger partial charge in [0.15, 0.2) is 9.84 Å². The Kier molecular flexibility index (Phi) is 7.97. The van der Waals surface area contributed by atoms with E-state index in [1.807, 2.05) is 25.1 Å². The Morgan fingerprint density at radius 1 is 1.05 bits per heavy atom. The summed E-state index contributed by atoms with van der Waals surface area (Å²) in [5.41, 5.74) is 0.952. The van der Waals surface area contributed by atoms with Crippen molar-refractivity contribution in [2.45, 2.75) is 63.8 Å². The highest BCUT2D eigenvalue weighted by atomic mass is 32.2. The van der Waals surface area contributed by atoms with Crippen molar-refractivity contribution >= 4 is 9.84 Å². The van der Waals surface area contributed by atoms with Gasteiger partial charge in [0.05, 0.1) is 10.6 Å². The fourth-order valence-electron chi connectivity index (χ4n) is 2.59. The third-order valence-corrected chi connectivity index (χ3v) is 5.58. The molecule has 4 heteroatoms. The first kappa shape index (κ1) is 18.2. The zero-order valence-corrected chi connectivity index (χ0v) is 14.4. The number of rotatable bonds is 10. The predicted molar refractivity (Wildman–Crippen MR) is 89.5 cm³/mol. The van der Waals surface area contributed by atoms with E-state index in [1.165, 1.54) is 0 Å². The molecule has 0 aromatic heterocycles. The molecule has 0 aliphatic carbocycles. The monoisotopic (exact) mass is 311 g/mol. The van der Waals surface area contributed by atoms with E-state index in [1.54, 1.807) is 6.07 Å². The summed E-state index contributed by atoms with van der Waals surface area (Å²) in [6.45, 7) is 7.20. The van der Waals surface area contributed by atoms with E-state index in [0.717, 1.165) is 37.8 Å². The van der Waals surface area contributed by atoms with Gasteiger partial charge in [-0.25, -0.2) is 8.42 Å². The molecule has 0 aliphatic rings. The van der Waals surface area contributed by atoms with Crippen molar-refractivity contribution in [1.82, 2.24) is 5.32 Å². The van der Waals surface area contributed by atoms with Crippen LogP contribution in [0.15, 0.2) is 29.2 Å². The molecule has 1 atom stereocenters. The molecule has 1 unspecified atom stereocenters. The Balaban J connectivity index is 2.96. The number of hydrogen-bond donors (Lipinski definition) is 1. The van der Waals surface area contributed by atoms with Crippen LogP contribution in [-0.2, 0) is 16.3 Å². The molecule has 0 amide bonds. The summed E-state index contributed by atoms with van der Waals surface area (Å²) in [4.78, 5) is 0.520. The fraction of sp³-hybridized carbons (Fsp3) is 0.647. The molecule has 0 aliphatic heterocycles. The van der Waals surface area contributed by atoms with Crippen molar-refractivity contribution in [3.63, 3.8) is 0 Å². The molecule has 0 radical (unpaired) electrons. The number of nitrogens with one attached hydrogen (secondary N) is 1. The first-order chi connectivity index (χ1) is 10.0. The number of hydrogen-bond acceptors (Lipinski definition) is 3. The molecule has 0 fully saturated rings. The molecule has 0 saturated carbocycles. The van der Waals surface area contributed by atoms with Crippen LogP contribution in [0.25, 0.3) is 0 Å². The highest BCUT2D eigenvalue weighted by Gasteiger charge is 2.19. The summed E-state index contributed by atoms with van der Waals surface area (Å²) in [5, 5.41) is 3.53. The third-order valence-electron chi connectivity index (χ3n) is 3.57. The van der Waals surface area contributed by atoms with E-state index < -0.39 is 9.84 Å². The van der Waals surface area contributed by atoms with E-state index >= 15 is 0 Å². The maximum Gasteiger partial charge on any atom is 0.178 e. The highest BCUT2D eigenvalue weighted by Crippen LogP contribution is 2.20. The molecule has 21 heavy (non-hydrogen) atoms. The summed E-state index contributed by atoms with van der Waals surface area (Å²) in [6, 6.07) is 7.82. The van der Waals surface area contributed by atoms with Crippen LogP contribution in [0.4, 0.5) is 0 Å². The van der Waals surface area contributed by atoms with Gasteiger partial charge in [0.2, 0.25) is 0 Å². The molecule has 0 bridgehead atoms. The Hall–Kier alpha value is -0.870. The van der Waals surface area contributed by atoms with Gasteiger partial charge in [0.25, 0.3) is 0 Å². The summed E-state index contributed by atoms with van der Waals surface area (Å²) < 4.78 is 24.8. The van der Waals surface area contributed by atoms with E-state index in [2.05, 4.69) is 19.2 Å². The van der Waals surface area contributed by atoms with Crippen LogP contribution in [-0.4, -0.2) is 26.8 Å². The highest BCUT2D eigenvalue weighted by molar-refractivity contribution is 7.91. The third kappa shape index (κ3) is 5.79. The lowest BCUT2D eigenvalue weighted by molar-refractivity contribution is 0.470. The van der Waals surface area contributed by atoms with Crippen LogP contribution in [0.3, 0.4) is 0 Å². The predicted octanol–water partition coefficient (Wildman–Crippen LogP) is 3.58. The first-order valence-electron chi connectivity index (χ1n) is 8.09. The molecule has 1 aromatic carbocycles. The SMILES string of the molecule is CCCNC(CCC)Cc1ccccc1S(=O)(=O)CCC. The van der Waals surface area contributed by atoms with Crippen molar-refractivity contribution in [3.05, 3.63) is 29.8 Å². The van der Waals surface area contributed by atoms with Crippen molar-refractivity contribution in [3.8, 4) is 0 Å². The van der Waals surface area contributed by atoms with Crippen LogP contribution in [0.2, 0.25) is 0 Å². The largest absolute Gasteiger partial charge is 0.314 e. The Labute approximate surface area is 130 Å². The molecular weight excluding hydrogens is 282 g/mol. The summed E-state index contributed by atoms with van der Waals surface area (Å²) in [5.74, 6) is 0.227. The standard InChI is InChI=1S/C17H29NO2S/c1-4-9-16(18-12-5-2)14-15-10-7-8-11-17(15)21(19,20)13-6-3/h7-8,10-11,16,18H,4-6,9,12-14H2,1-3H3. The Morgan fingerprint density at radius 2 is 1.76 bits per heavy atom. The average Bonchev–Trinajstić information content (AvgIpc) is 2.45. The van der Waals surface area contributed by atoms with Gasteiger partial charge in [-0.15, -0.1) is 0 Å². The lowest BCUT2D eigenvalue weighted by Crippen LogP contribution is -2.32. The zero-order chi connectivity index (χ0) is 15.7. The minimum Gasteiger partial charge on any atom is -0.314 e. The lowest BCUT2D eigenvalue weighted by atomic mass is 10.0. The fourth-order valence-corrected chi connectivity index (χ4v) is 4.19. The van der Waals surface area contributed by atoms with Gasteiger partial charge in [-0.2, -0.15) is 0 Å². The number of benzene rings is 1. The van der Waals surface area contributed by atoms with Crippen LogP contribution in [0.1, 0.15) is 52.0 Å². The lowest BCUT2D eigenvalue weighted by Gasteiger charge is -2.19. The molecule has 0 spiro atoms. The molecule has 0 heterocycles. The molecule has 1 aromatic rings. The molecule has 3 nitrogen and oxygen atoms in total. The minimum atomic E-state index is -3.15. The number of sulfone groups is 1. The molecule has 0 saturated heterocycles. The van der Waals surface area contributed by atoms with Crippen LogP contribution < -0.4 is 5.32 Å². The topological polar surface area (TPSA) is 46.2 Å². The second-order valence-corrected chi connectivity index (χ2v) is 7.65. The summed E-state index contributed by atoms with van der Waals surface area (Å²) in [7, 11) is -3.15. The van der Waals surface area contributed by atoms with Gasteiger partial charge in [0, 0.05) is 6.04 Å². The van der Waals surface area contributed by atoms with Crippen molar-refractivity contribution in [1.29, 1.82) is 0 Å². The van der Waals surface area contributed by atoms with Crippen molar-refractivity contribution < 1.29 is 8.42 Å². The van der Waals surface area contributed by atoms with Gasteiger partial charge in [-0.3, -0.25) is 0 Å². The summed E-state index contributed by atoms with van der Waals surface area (Å²) >= 11 is 0. The molecule has 120 valence electrons. The molecular formula is C17H29NO2S. The van der Waals surface area contributed by atoms with Crippen molar-refractivity contribution in [2.75, 3.05) is 12.3 Å². The smallest absolute Gasteiger partial charge is 0.178 e. The Morgan fingerprint density at radius 3 is 2.38 bits per heavy atom. The van der Waals surface area contributed by atoms with E-state index in [0.29, 0.717) is 17.4 Å². The summed E-state index contributed by atoms with van der Waals surface area (Å²) in [6.07, 6.45) is 4.71. The van der Waals surface area contributed by atoms with Crippen LogP contribution in [0.5, 0.6) is 0 Å². The zero-order valence-electron chi connectivity index (χ0n) is 13.6. The van der Waals surface area contributed by atoms with E-state index in [9.17, 15) is 8.42 Å². The van der Waals surface area contributed by atoms with Gasteiger partial charge in [0.1, 0.15) is 0 Å². The maximum absolute atomic E-state index is 12.4. The van der Waals surface area contributed by atoms with Gasteiger partial charge in [-0.05, 0) is 43.9 Å². The minimum absolute atomic E-state index is 0.227. The normalized spacial score (nSPS) is 13.3. The first-order valence-corrected chi connectivity index (χ1v) is 9.74. The van der Waals surface area contributed by atoms with Gasteiger partial charge >= 0.3 is 0 Å².